The molecule has 0 fully saturated rings. The number of aryl methyl sites for hydroxylation is 2. The Morgan fingerprint density at radius 1 is 0.732 bits per heavy atom. The summed E-state index contributed by atoms with van der Waals surface area (Å²) in [5.74, 6) is 2.52. The summed E-state index contributed by atoms with van der Waals surface area (Å²) in [6.07, 6.45) is 16.2. The second kappa shape index (κ2) is 14.7. The highest BCUT2D eigenvalue weighted by Crippen LogP contribution is 2.44. The number of para-hydroxylation sites is 2. The van der Waals surface area contributed by atoms with Crippen LogP contribution in [-0.4, -0.2) is 52.6 Å². The summed E-state index contributed by atoms with van der Waals surface area (Å²) in [5, 5.41) is 1.44. The summed E-state index contributed by atoms with van der Waals surface area (Å²) in [6, 6.07) is 14.9. The second-order valence-corrected chi connectivity index (χ2v) is 14.3. The van der Waals surface area contributed by atoms with E-state index in [9.17, 15) is 19.2 Å². The molecule has 2 aliphatic rings. The Morgan fingerprint density at radius 2 is 1.14 bits per heavy atom. The van der Waals surface area contributed by atoms with Crippen molar-refractivity contribution in [3.8, 4) is 24.7 Å². The number of carbonyl (C=O) groups is 4. The zero-order valence-corrected chi connectivity index (χ0v) is 30.9. The lowest BCUT2D eigenvalue weighted by Crippen LogP contribution is -2.31. The van der Waals surface area contributed by atoms with Crippen molar-refractivity contribution >= 4 is 45.3 Å². The SMILES string of the molecule is C#CCn1c2c(c3ccccc31)C(=O)C(Cc1nc[nH]c1C)CC2OC(=O)/C=C\C(=O)OC1CC(Cc2nc[nH]c2C)C(=O)c2c1n(CC#C)c1ccccc21. The van der Waals surface area contributed by atoms with E-state index in [1.165, 1.54) is 0 Å². The number of ether oxygens (including phenoxy) is 2. The molecule has 4 heterocycles. The van der Waals surface area contributed by atoms with Crippen molar-refractivity contribution in [1.82, 2.24) is 29.1 Å². The molecule has 0 aliphatic heterocycles. The number of aromatic amines is 2. The monoisotopic (exact) mass is 746 g/mol. The summed E-state index contributed by atoms with van der Waals surface area (Å²) in [7, 11) is 0. The van der Waals surface area contributed by atoms with E-state index in [-0.39, 0.29) is 37.5 Å². The van der Waals surface area contributed by atoms with Gasteiger partial charge in [-0.1, -0.05) is 48.2 Å². The van der Waals surface area contributed by atoms with Crippen molar-refractivity contribution < 1.29 is 28.7 Å². The number of nitrogens with one attached hydrogen (secondary N) is 2. The molecular weight excluding hydrogens is 709 g/mol. The summed E-state index contributed by atoms with van der Waals surface area (Å²) >= 11 is 0. The number of rotatable bonds is 10. The number of benzene rings is 2. The number of nitrogens with zero attached hydrogens (tertiary/aromatic N) is 4. The number of hydrogen-bond acceptors (Lipinski definition) is 8. The van der Waals surface area contributed by atoms with Crippen LogP contribution in [0.15, 0.2) is 73.3 Å². The highest BCUT2D eigenvalue weighted by Gasteiger charge is 2.42. The Kier molecular flexibility index (Phi) is 9.48. The summed E-state index contributed by atoms with van der Waals surface area (Å²) in [4.78, 5) is 70.3. The number of hydrogen-bond donors (Lipinski definition) is 2. The number of aromatic nitrogens is 6. The third-order valence-corrected chi connectivity index (χ3v) is 11.0. The molecule has 0 amide bonds. The number of H-pyrrole nitrogens is 2. The molecule has 4 unspecified atom stereocenters. The minimum atomic E-state index is -0.849. The quantitative estimate of drug-likeness (QED) is 0.0949. The van der Waals surface area contributed by atoms with Crippen LogP contribution in [0, 0.1) is 50.4 Å². The molecular formula is C44H38N6O6. The van der Waals surface area contributed by atoms with Gasteiger partial charge in [0.1, 0.15) is 12.2 Å². The molecule has 12 nitrogen and oxygen atoms in total. The zero-order chi connectivity index (χ0) is 39.1. The Morgan fingerprint density at radius 3 is 1.52 bits per heavy atom. The van der Waals surface area contributed by atoms with E-state index in [1.807, 2.05) is 71.5 Å². The van der Waals surface area contributed by atoms with Gasteiger partial charge in [0.05, 0.1) is 59.6 Å². The van der Waals surface area contributed by atoms with Crippen molar-refractivity contribution in [3.05, 3.63) is 119 Å². The summed E-state index contributed by atoms with van der Waals surface area (Å²) < 4.78 is 15.8. The standard InChI is InChI=1S/C44H38N6O6/c1-5-17-49-33-13-9-7-11-29(33)39-41(49)35(21-27(43(39)53)19-31-25(3)45-23-47-31)55-37(51)15-16-38(52)56-36-22-28(20-32-26(4)46-24-48-32)44(54)40-30-12-8-10-14-34(30)50(18-6-2)42(36)40/h1-2,7-16,23-24,27-28,35-36H,17-22H2,3-4H3,(H,45,47)(H,46,48)/b16-15-. The van der Waals surface area contributed by atoms with Crippen molar-refractivity contribution in [2.24, 2.45) is 11.8 Å². The molecule has 56 heavy (non-hydrogen) atoms. The van der Waals surface area contributed by atoms with Gasteiger partial charge in [0.2, 0.25) is 0 Å². The van der Waals surface area contributed by atoms with Crippen LogP contribution in [0.25, 0.3) is 21.8 Å². The molecule has 0 saturated carbocycles. The van der Waals surface area contributed by atoms with Crippen LogP contribution in [0.4, 0.5) is 0 Å². The number of carbonyl (C=O) groups excluding carboxylic acids is 4. The van der Waals surface area contributed by atoms with Gasteiger partial charge in [-0.05, 0) is 26.0 Å². The maximum absolute atomic E-state index is 14.1. The molecule has 2 aromatic carbocycles. The number of terminal acetylenes is 2. The van der Waals surface area contributed by atoms with Crippen LogP contribution in [-0.2, 0) is 45.0 Å². The Labute approximate surface area is 322 Å². The minimum absolute atomic E-state index is 0.0749. The molecule has 2 aliphatic carbocycles. The predicted octanol–water partition coefficient (Wildman–Crippen LogP) is 6.24. The molecule has 6 aromatic rings. The van der Waals surface area contributed by atoms with Crippen LogP contribution >= 0.6 is 0 Å². The van der Waals surface area contributed by atoms with E-state index < -0.39 is 36.0 Å². The van der Waals surface area contributed by atoms with Crippen molar-refractivity contribution in [2.75, 3.05) is 0 Å². The number of imidazole rings is 2. The van der Waals surface area contributed by atoms with Gasteiger partial charge >= 0.3 is 11.9 Å². The first-order chi connectivity index (χ1) is 27.2. The van der Waals surface area contributed by atoms with Gasteiger partial charge in [0, 0.05) is 82.9 Å². The lowest BCUT2D eigenvalue weighted by Gasteiger charge is -2.30. The average molecular weight is 747 g/mol. The molecule has 8 rings (SSSR count). The van der Waals surface area contributed by atoms with Gasteiger partial charge in [-0.25, -0.2) is 19.6 Å². The van der Waals surface area contributed by atoms with E-state index in [0.717, 1.165) is 56.7 Å². The Hall–Kier alpha value is -6.92. The maximum atomic E-state index is 14.1. The lowest BCUT2D eigenvalue weighted by atomic mass is 9.80. The average Bonchev–Trinajstić information content (AvgIpc) is 3.96. The van der Waals surface area contributed by atoms with Crippen LogP contribution in [0.2, 0.25) is 0 Å². The topological polar surface area (TPSA) is 154 Å². The van der Waals surface area contributed by atoms with E-state index in [1.54, 1.807) is 12.7 Å². The fourth-order valence-corrected chi connectivity index (χ4v) is 8.43. The Balaban J connectivity index is 1.08. The molecule has 0 spiro atoms. The lowest BCUT2D eigenvalue weighted by molar-refractivity contribution is -0.147. The number of Topliss-reactive ketones (excluding diaryl/α,β-unsaturated/α-hetero) is 2. The molecule has 2 N–H and O–H groups in total. The first kappa shape index (κ1) is 36.1. The Bertz CT molecular complexity index is 2490. The second-order valence-electron chi connectivity index (χ2n) is 14.3. The molecule has 4 atom stereocenters. The molecule has 0 saturated heterocycles. The predicted molar refractivity (Wildman–Crippen MR) is 207 cm³/mol. The molecule has 280 valence electrons. The van der Waals surface area contributed by atoms with Crippen LogP contribution in [0.5, 0.6) is 0 Å². The van der Waals surface area contributed by atoms with Crippen LogP contribution in [0.3, 0.4) is 0 Å². The smallest absolute Gasteiger partial charge is 0.331 e. The fourth-order valence-electron chi connectivity index (χ4n) is 8.43. The third kappa shape index (κ3) is 6.29. The van der Waals surface area contributed by atoms with Crippen LogP contribution in [0.1, 0.15) is 79.9 Å². The summed E-state index contributed by atoms with van der Waals surface area (Å²) in [5.41, 5.74) is 6.69. The van der Waals surface area contributed by atoms with Gasteiger partial charge in [-0.2, -0.15) is 0 Å². The van der Waals surface area contributed by atoms with E-state index in [2.05, 4.69) is 31.8 Å². The number of ketones is 2. The highest BCUT2D eigenvalue weighted by molar-refractivity contribution is 6.12. The van der Waals surface area contributed by atoms with Crippen molar-refractivity contribution in [2.45, 2.75) is 64.8 Å². The van der Waals surface area contributed by atoms with Gasteiger partial charge < -0.3 is 28.6 Å². The van der Waals surface area contributed by atoms with Gasteiger partial charge in [0.25, 0.3) is 0 Å². The maximum Gasteiger partial charge on any atom is 0.331 e. The molecule has 0 radical (unpaired) electrons. The molecule has 12 heteroatoms. The van der Waals surface area contributed by atoms with Crippen molar-refractivity contribution in [1.29, 1.82) is 0 Å². The normalized spacial score (nSPS) is 19.1. The number of esters is 2. The summed E-state index contributed by atoms with van der Waals surface area (Å²) in [6.45, 7) is 4.10. The van der Waals surface area contributed by atoms with E-state index in [4.69, 9.17) is 22.3 Å². The third-order valence-electron chi connectivity index (χ3n) is 11.0. The van der Waals surface area contributed by atoms with Gasteiger partial charge in [0.15, 0.2) is 11.6 Å². The first-order valence-electron chi connectivity index (χ1n) is 18.4. The van der Waals surface area contributed by atoms with E-state index >= 15 is 0 Å². The van der Waals surface area contributed by atoms with Crippen molar-refractivity contribution in [3.63, 3.8) is 0 Å². The van der Waals surface area contributed by atoms with E-state index in [0.29, 0.717) is 35.4 Å². The van der Waals surface area contributed by atoms with Crippen LogP contribution < -0.4 is 0 Å². The van der Waals surface area contributed by atoms with Gasteiger partial charge in [-0.3, -0.25) is 9.59 Å². The number of fused-ring (bicyclic) bond motifs is 6. The fraction of sp³-hybridized carbons (Fsp3) is 0.273. The zero-order valence-electron chi connectivity index (χ0n) is 30.9. The minimum Gasteiger partial charge on any atom is -0.453 e. The van der Waals surface area contributed by atoms with Gasteiger partial charge in [-0.15, -0.1) is 12.8 Å². The first-order valence-corrected chi connectivity index (χ1v) is 18.4. The molecule has 0 bridgehead atoms. The largest absolute Gasteiger partial charge is 0.453 e. The highest BCUT2D eigenvalue weighted by atomic mass is 16.5. The molecule has 4 aromatic heterocycles.